The minimum atomic E-state index is -0.104. The lowest BCUT2D eigenvalue weighted by Gasteiger charge is -2.20. The van der Waals surface area contributed by atoms with E-state index < -0.39 is 0 Å². The highest BCUT2D eigenvalue weighted by molar-refractivity contribution is 5.95. The van der Waals surface area contributed by atoms with Gasteiger partial charge in [-0.25, -0.2) is 4.98 Å². The number of hydrogen-bond donors (Lipinski definition) is 1. The van der Waals surface area contributed by atoms with Crippen molar-refractivity contribution in [2.24, 2.45) is 4.99 Å². The van der Waals surface area contributed by atoms with E-state index in [1.165, 1.54) is 33.0 Å². The third kappa shape index (κ3) is 6.52. The molecule has 0 atom stereocenters. The smallest absolute Gasteiger partial charge is 0.229 e. The van der Waals surface area contributed by atoms with E-state index in [0.717, 1.165) is 44.5 Å². The van der Waals surface area contributed by atoms with Gasteiger partial charge in [0.25, 0.3) is 0 Å². The number of phenolic OH excluding ortho intramolecular Hbond substituents is 1. The number of aromatic nitrogens is 1. The Morgan fingerprint density at radius 3 is 2.10 bits per heavy atom. The number of aromatic hydroxyl groups is 1. The summed E-state index contributed by atoms with van der Waals surface area (Å²) in [5, 5.41) is 13.2. The normalized spacial score (nSPS) is 11.9. The van der Waals surface area contributed by atoms with Gasteiger partial charge in [0, 0.05) is 17.3 Å². The Morgan fingerprint density at radius 1 is 0.596 bits per heavy atom. The largest absolute Gasteiger partial charge is 0.507 e. The average Bonchev–Trinajstić information content (AvgIpc) is 3.58. The van der Waals surface area contributed by atoms with E-state index in [2.05, 4.69) is 120 Å². The lowest BCUT2D eigenvalue weighted by Crippen LogP contribution is -2.11. The lowest BCUT2D eigenvalue weighted by atomic mass is 9.84. The lowest BCUT2D eigenvalue weighted by molar-refractivity contribution is 0.474. The van der Waals surface area contributed by atoms with E-state index in [4.69, 9.17) is 14.4 Å². The Labute approximate surface area is 304 Å². The first kappa shape index (κ1) is 32.9. The van der Waals surface area contributed by atoms with Gasteiger partial charge in [0.15, 0.2) is 5.58 Å². The van der Waals surface area contributed by atoms with Gasteiger partial charge >= 0.3 is 0 Å². The van der Waals surface area contributed by atoms with Crippen molar-refractivity contribution < 1.29 is 9.52 Å². The topological polar surface area (TPSA) is 58.6 Å². The summed E-state index contributed by atoms with van der Waals surface area (Å²) >= 11 is 0. The van der Waals surface area contributed by atoms with Crippen LogP contribution in [0.25, 0.3) is 66.7 Å². The third-order valence-electron chi connectivity index (χ3n) is 9.68. The molecule has 1 N–H and O–H groups in total. The van der Waals surface area contributed by atoms with E-state index in [9.17, 15) is 5.11 Å². The molecule has 0 aliphatic heterocycles. The quantitative estimate of drug-likeness (QED) is 0.178. The number of phenols is 1. The molecule has 0 unspecified atom stereocenters. The molecule has 254 valence electrons. The van der Waals surface area contributed by atoms with Gasteiger partial charge in [0.2, 0.25) is 5.89 Å². The Morgan fingerprint density at radius 2 is 1.29 bits per heavy atom. The predicted octanol–water partition coefficient (Wildman–Crippen LogP) is 13.0. The van der Waals surface area contributed by atoms with Crippen molar-refractivity contribution in [3.05, 3.63) is 162 Å². The first-order chi connectivity index (χ1) is 25.1. The summed E-state index contributed by atoms with van der Waals surface area (Å²) in [4.78, 5) is 10.0. The molecule has 0 amide bonds. The molecule has 7 aromatic carbocycles. The monoisotopic (exact) mass is 676 g/mol. The van der Waals surface area contributed by atoms with Crippen molar-refractivity contribution in [1.29, 1.82) is 0 Å². The first-order valence-electron chi connectivity index (χ1n) is 17.7. The van der Waals surface area contributed by atoms with Gasteiger partial charge in [-0.15, -0.1) is 0 Å². The van der Waals surface area contributed by atoms with Crippen LogP contribution < -0.4 is 0 Å². The summed E-state index contributed by atoms with van der Waals surface area (Å²) < 4.78 is 6.59. The summed E-state index contributed by atoms with van der Waals surface area (Å²) in [5.41, 5.74) is 13.7. The van der Waals surface area contributed by atoms with E-state index in [1.807, 2.05) is 48.5 Å². The third-order valence-corrected chi connectivity index (χ3v) is 9.68. The van der Waals surface area contributed by atoms with Crippen molar-refractivity contribution >= 4 is 33.8 Å². The van der Waals surface area contributed by atoms with Crippen molar-refractivity contribution in [3.8, 4) is 50.6 Å². The molecule has 52 heavy (non-hydrogen) atoms. The molecular formula is C48H40N2O2. The molecule has 8 aromatic rings. The van der Waals surface area contributed by atoms with Crippen LogP contribution in [0.1, 0.15) is 43.0 Å². The molecule has 0 saturated heterocycles. The van der Waals surface area contributed by atoms with Crippen molar-refractivity contribution in [3.63, 3.8) is 0 Å². The number of oxazole rings is 1. The molecule has 0 saturated carbocycles. The van der Waals surface area contributed by atoms with Gasteiger partial charge in [-0.05, 0) is 112 Å². The van der Waals surface area contributed by atoms with Crippen molar-refractivity contribution in [2.45, 2.75) is 40.0 Å². The summed E-state index contributed by atoms with van der Waals surface area (Å²) in [5.74, 6) is 0.657. The van der Waals surface area contributed by atoms with E-state index in [0.29, 0.717) is 17.1 Å². The molecule has 0 radical (unpaired) electrons. The number of aryl methyl sites for hydroxylation is 2. The Bertz CT molecular complexity index is 2640. The van der Waals surface area contributed by atoms with Crippen LogP contribution >= 0.6 is 0 Å². The van der Waals surface area contributed by atoms with Gasteiger partial charge in [-0.1, -0.05) is 123 Å². The number of nitrogens with zero attached hydrogens (tertiary/aromatic N) is 2. The maximum Gasteiger partial charge on any atom is 0.229 e. The number of hydrogen-bond acceptors (Lipinski definition) is 4. The average molecular weight is 677 g/mol. The minimum Gasteiger partial charge on any atom is -0.507 e. The number of aliphatic imine (C=N–C) groups is 1. The van der Waals surface area contributed by atoms with Crippen molar-refractivity contribution in [1.82, 2.24) is 4.98 Å². The minimum absolute atomic E-state index is 0.104. The summed E-state index contributed by atoms with van der Waals surface area (Å²) in [6, 6.07) is 47.9. The second-order valence-corrected chi connectivity index (χ2v) is 14.7. The molecular weight excluding hydrogens is 637 g/mol. The summed E-state index contributed by atoms with van der Waals surface area (Å²) in [6.07, 6.45) is 1.71. The molecule has 4 nitrogen and oxygen atoms in total. The van der Waals surface area contributed by atoms with E-state index >= 15 is 0 Å². The molecule has 1 aromatic heterocycles. The van der Waals surface area contributed by atoms with Crippen LogP contribution in [0, 0.1) is 13.8 Å². The van der Waals surface area contributed by atoms with E-state index in [1.54, 1.807) is 12.3 Å². The molecule has 0 aliphatic rings. The fourth-order valence-corrected chi connectivity index (χ4v) is 6.92. The zero-order chi connectivity index (χ0) is 36.0. The van der Waals surface area contributed by atoms with Crippen LogP contribution in [0.4, 0.5) is 5.69 Å². The molecule has 8 rings (SSSR count). The molecule has 0 bridgehead atoms. The van der Waals surface area contributed by atoms with Gasteiger partial charge in [-0.2, -0.15) is 0 Å². The number of fused-ring (bicyclic) bond motifs is 2. The Balaban J connectivity index is 1.19. The fourth-order valence-electron chi connectivity index (χ4n) is 6.92. The second-order valence-electron chi connectivity index (χ2n) is 14.7. The second kappa shape index (κ2) is 13.1. The Kier molecular flexibility index (Phi) is 8.31. The van der Waals surface area contributed by atoms with Crippen LogP contribution in [0.3, 0.4) is 0 Å². The van der Waals surface area contributed by atoms with Gasteiger partial charge in [0.1, 0.15) is 11.3 Å². The zero-order valence-corrected chi connectivity index (χ0v) is 30.1. The maximum absolute atomic E-state index is 10.8. The molecule has 0 aliphatic carbocycles. The maximum atomic E-state index is 10.8. The fraction of sp³-hybridized carbons (Fsp3) is 0.125. The standard InChI is InChI=1S/C48H40N2O2/c1-30-21-31(2)23-38(22-30)34-13-10-14-37(25-34)42-27-40(48(3,4)5)28-45-46(42)50-47(52-45)41-15-8-9-16-43(41)49-29-39-26-36(19-20-44(39)51)35-18-17-32-11-6-7-12-33(32)24-35/h6-29,51H,1-5H3. The zero-order valence-electron chi connectivity index (χ0n) is 30.1. The van der Waals surface area contributed by atoms with Gasteiger partial charge < -0.3 is 9.52 Å². The highest BCUT2D eigenvalue weighted by Gasteiger charge is 2.22. The van der Waals surface area contributed by atoms with Gasteiger partial charge in [-0.3, -0.25) is 4.99 Å². The molecule has 0 spiro atoms. The van der Waals surface area contributed by atoms with Crippen LogP contribution in [0.15, 0.2) is 149 Å². The number of benzene rings is 7. The summed E-state index contributed by atoms with van der Waals surface area (Å²) in [6.45, 7) is 10.9. The van der Waals surface area contributed by atoms with Crippen LogP contribution in [-0.4, -0.2) is 16.3 Å². The SMILES string of the molecule is Cc1cc(C)cc(-c2cccc(-c3cc(C(C)(C)C)cc4oc(-c5ccccc5N=Cc5cc(-c6ccc7ccccc7c6)ccc5O)nc34)c2)c1. The van der Waals surface area contributed by atoms with Crippen LogP contribution in [0.5, 0.6) is 5.75 Å². The predicted molar refractivity (Wildman–Crippen MR) is 217 cm³/mol. The highest BCUT2D eigenvalue weighted by atomic mass is 16.3. The Hall–Kier alpha value is -6.26. The molecule has 4 heteroatoms. The van der Waals surface area contributed by atoms with Gasteiger partial charge in [0.05, 0.1) is 11.3 Å². The summed E-state index contributed by atoms with van der Waals surface area (Å²) in [7, 11) is 0. The number of rotatable bonds is 6. The molecule has 0 fully saturated rings. The van der Waals surface area contributed by atoms with Crippen LogP contribution in [0.2, 0.25) is 0 Å². The number of para-hydroxylation sites is 1. The van der Waals surface area contributed by atoms with Crippen molar-refractivity contribution in [2.75, 3.05) is 0 Å². The molecule has 1 heterocycles. The highest BCUT2D eigenvalue weighted by Crippen LogP contribution is 2.40. The first-order valence-corrected chi connectivity index (χ1v) is 17.7. The van der Waals surface area contributed by atoms with E-state index in [-0.39, 0.29) is 11.2 Å². The van der Waals surface area contributed by atoms with Crippen LogP contribution in [-0.2, 0) is 5.41 Å².